The molecule has 0 spiro atoms. The second-order valence-electron chi connectivity index (χ2n) is 5.64. The number of anilines is 2. The lowest BCUT2D eigenvalue weighted by Gasteiger charge is -2.21. The molecular weight excluding hydrogens is 348 g/mol. The fraction of sp³-hybridized carbons (Fsp3) is 0.250. The van der Waals surface area contributed by atoms with Crippen LogP contribution in [-0.2, 0) is 19.7 Å². The molecule has 0 radical (unpaired) electrons. The van der Waals surface area contributed by atoms with Gasteiger partial charge in [0.25, 0.3) is 0 Å². The van der Waals surface area contributed by atoms with Crippen LogP contribution in [0.25, 0.3) is 0 Å². The van der Waals surface area contributed by atoms with Crippen LogP contribution in [0.2, 0.25) is 0 Å². The van der Waals surface area contributed by atoms with E-state index in [4.69, 9.17) is 11.5 Å². The first-order valence-electron chi connectivity index (χ1n) is 7.25. The molecule has 2 atom stereocenters. The standard InChI is InChI=1S/C16H20N2O4S2/c1-11(23(19,20)15-7-3-13(17)4-8-15)12(2)24(21,22)16-9-5-14(18)6-10-16/h3-12H,17-18H2,1-2H3. The van der Waals surface area contributed by atoms with Gasteiger partial charge in [-0.05, 0) is 62.4 Å². The lowest BCUT2D eigenvalue weighted by atomic mass is 10.3. The minimum absolute atomic E-state index is 0.0450. The number of rotatable bonds is 5. The molecule has 0 aliphatic heterocycles. The minimum atomic E-state index is -3.81. The number of hydrogen-bond donors (Lipinski definition) is 2. The number of sulfone groups is 2. The van der Waals surface area contributed by atoms with Crippen LogP contribution < -0.4 is 11.5 Å². The highest BCUT2D eigenvalue weighted by atomic mass is 32.2. The van der Waals surface area contributed by atoms with Gasteiger partial charge in [0.1, 0.15) is 0 Å². The summed E-state index contributed by atoms with van der Waals surface area (Å²) in [6.45, 7) is 2.79. The summed E-state index contributed by atoms with van der Waals surface area (Å²) in [5, 5.41) is -2.24. The number of benzene rings is 2. The zero-order chi connectivity index (χ0) is 18.1. The van der Waals surface area contributed by atoms with E-state index in [1.165, 1.54) is 62.4 Å². The summed E-state index contributed by atoms with van der Waals surface area (Å²) in [6, 6.07) is 11.4. The molecule has 0 bridgehead atoms. The average molecular weight is 368 g/mol. The predicted molar refractivity (Wildman–Crippen MR) is 95.0 cm³/mol. The molecule has 24 heavy (non-hydrogen) atoms. The van der Waals surface area contributed by atoms with Crippen LogP contribution in [-0.4, -0.2) is 27.3 Å². The summed E-state index contributed by atoms with van der Waals surface area (Å²) in [4.78, 5) is 0.0899. The van der Waals surface area contributed by atoms with E-state index in [1.807, 2.05) is 0 Å². The van der Waals surface area contributed by atoms with E-state index in [0.29, 0.717) is 11.4 Å². The molecule has 0 amide bonds. The van der Waals surface area contributed by atoms with Crippen LogP contribution in [0, 0.1) is 0 Å². The van der Waals surface area contributed by atoms with Crippen molar-refractivity contribution in [3.63, 3.8) is 0 Å². The van der Waals surface area contributed by atoms with Crippen molar-refractivity contribution in [2.24, 2.45) is 0 Å². The summed E-state index contributed by atoms with van der Waals surface area (Å²) in [5.74, 6) is 0. The molecule has 2 aromatic rings. The van der Waals surface area contributed by atoms with Crippen molar-refractivity contribution in [2.45, 2.75) is 34.1 Å². The number of nitrogens with two attached hydrogens (primary N) is 2. The quantitative estimate of drug-likeness (QED) is 0.777. The topological polar surface area (TPSA) is 120 Å². The Kier molecular flexibility index (Phi) is 4.91. The predicted octanol–water partition coefficient (Wildman–Crippen LogP) is 1.88. The molecule has 0 aromatic heterocycles. The average Bonchev–Trinajstić information content (AvgIpc) is 2.54. The highest BCUT2D eigenvalue weighted by molar-refractivity contribution is 7.96. The first-order valence-corrected chi connectivity index (χ1v) is 10.3. The van der Waals surface area contributed by atoms with Gasteiger partial charge in [-0.2, -0.15) is 0 Å². The molecule has 130 valence electrons. The summed E-state index contributed by atoms with van der Waals surface area (Å²) >= 11 is 0. The zero-order valence-electron chi connectivity index (χ0n) is 13.4. The summed E-state index contributed by atoms with van der Waals surface area (Å²) < 4.78 is 50.8. The normalized spacial score (nSPS) is 14.9. The van der Waals surface area contributed by atoms with Gasteiger partial charge in [0, 0.05) is 11.4 Å². The van der Waals surface area contributed by atoms with Gasteiger partial charge >= 0.3 is 0 Å². The first-order chi connectivity index (χ1) is 11.1. The van der Waals surface area contributed by atoms with E-state index >= 15 is 0 Å². The van der Waals surface area contributed by atoms with E-state index in [1.54, 1.807) is 0 Å². The van der Waals surface area contributed by atoms with Crippen molar-refractivity contribution >= 4 is 31.0 Å². The van der Waals surface area contributed by atoms with Crippen LogP contribution in [0.1, 0.15) is 13.8 Å². The van der Waals surface area contributed by atoms with E-state index in [2.05, 4.69) is 0 Å². The van der Waals surface area contributed by atoms with E-state index < -0.39 is 30.2 Å². The van der Waals surface area contributed by atoms with Gasteiger partial charge in [0.05, 0.1) is 20.3 Å². The third-order valence-corrected chi connectivity index (χ3v) is 8.86. The van der Waals surface area contributed by atoms with Crippen molar-refractivity contribution in [1.29, 1.82) is 0 Å². The lowest BCUT2D eigenvalue weighted by Crippen LogP contribution is -2.35. The summed E-state index contributed by atoms with van der Waals surface area (Å²) in [7, 11) is -7.63. The third kappa shape index (κ3) is 3.39. The molecule has 0 aliphatic carbocycles. The second kappa shape index (κ2) is 6.45. The Morgan fingerprint density at radius 2 is 0.875 bits per heavy atom. The van der Waals surface area contributed by atoms with Crippen LogP contribution in [0.5, 0.6) is 0 Å². The Balaban J connectivity index is 2.39. The van der Waals surface area contributed by atoms with E-state index in [9.17, 15) is 16.8 Å². The summed E-state index contributed by atoms with van der Waals surface area (Å²) in [6.07, 6.45) is 0. The Bertz CT molecular complexity index is 840. The summed E-state index contributed by atoms with van der Waals surface area (Å²) in [5.41, 5.74) is 12.0. The van der Waals surface area contributed by atoms with Crippen LogP contribution >= 0.6 is 0 Å². The molecule has 2 unspecified atom stereocenters. The van der Waals surface area contributed by atoms with Gasteiger partial charge in [-0.15, -0.1) is 0 Å². The SMILES string of the molecule is CC(C(C)S(=O)(=O)c1ccc(N)cc1)S(=O)(=O)c1ccc(N)cc1. The fourth-order valence-corrected chi connectivity index (χ4v) is 6.03. The Morgan fingerprint density at radius 3 is 1.12 bits per heavy atom. The molecule has 0 fully saturated rings. The smallest absolute Gasteiger partial charge is 0.182 e. The Morgan fingerprint density at radius 1 is 0.625 bits per heavy atom. The highest BCUT2D eigenvalue weighted by Crippen LogP contribution is 2.26. The molecule has 2 aromatic carbocycles. The van der Waals surface area contributed by atoms with Crippen molar-refractivity contribution in [1.82, 2.24) is 0 Å². The molecular formula is C16H20N2O4S2. The van der Waals surface area contributed by atoms with Gasteiger partial charge in [-0.3, -0.25) is 0 Å². The van der Waals surface area contributed by atoms with Crippen LogP contribution in [0.3, 0.4) is 0 Å². The van der Waals surface area contributed by atoms with Crippen LogP contribution in [0.15, 0.2) is 58.3 Å². The Hall–Kier alpha value is -2.06. The highest BCUT2D eigenvalue weighted by Gasteiger charge is 2.36. The molecule has 0 heterocycles. The van der Waals surface area contributed by atoms with Gasteiger partial charge in [0.2, 0.25) is 0 Å². The monoisotopic (exact) mass is 368 g/mol. The molecule has 8 heteroatoms. The molecule has 4 N–H and O–H groups in total. The van der Waals surface area contributed by atoms with Crippen molar-refractivity contribution in [2.75, 3.05) is 11.5 Å². The second-order valence-corrected chi connectivity index (χ2v) is 10.2. The molecule has 2 rings (SSSR count). The zero-order valence-corrected chi connectivity index (χ0v) is 15.0. The Labute approximate surface area is 142 Å². The van der Waals surface area contributed by atoms with Gasteiger partial charge in [-0.25, -0.2) is 16.8 Å². The molecule has 0 saturated carbocycles. The maximum atomic E-state index is 12.7. The van der Waals surface area contributed by atoms with Crippen molar-refractivity contribution in [3.05, 3.63) is 48.5 Å². The lowest BCUT2D eigenvalue weighted by molar-refractivity contribution is 0.562. The van der Waals surface area contributed by atoms with Gasteiger partial charge in [-0.1, -0.05) is 0 Å². The molecule has 6 nitrogen and oxygen atoms in total. The van der Waals surface area contributed by atoms with Crippen LogP contribution in [0.4, 0.5) is 11.4 Å². The van der Waals surface area contributed by atoms with Gasteiger partial charge in [0.15, 0.2) is 19.7 Å². The maximum absolute atomic E-state index is 12.7. The van der Waals surface area contributed by atoms with E-state index in [0.717, 1.165) is 0 Å². The minimum Gasteiger partial charge on any atom is -0.399 e. The third-order valence-electron chi connectivity index (χ3n) is 4.06. The molecule has 0 aliphatic rings. The molecule has 0 saturated heterocycles. The van der Waals surface area contributed by atoms with Crippen molar-refractivity contribution < 1.29 is 16.8 Å². The number of hydrogen-bond acceptors (Lipinski definition) is 6. The van der Waals surface area contributed by atoms with E-state index in [-0.39, 0.29) is 9.79 Å². The maximum Gasteiger partial charge on any atom is 0.182 e. The first kappa shape index (κ1) is 18.3. The largest absolute Gasteiger partial charge is 0.399 e. The fourth-order valence-electron chi connectivity index (χ4n) is 2.25. The number of nitrogen functional groups attached to an aromatic ring is 2. The van der Waals surface area contributed by atoms with Crippen molar-refractivity contribution in [3.8, 4) is 0 Å². The van der Waals surface area contributed by atoms with Gasteiger partial charge < -0.3 is 11.5 Å².